The molecule has 0 bridgehead atoms. The van der Waals surface area contributed by atoms with Crippen molar-refractivity contribution < 1.29 is 22.7 Å². The predicted molar refractivity (Wildman–Crippen MR) is 119 cm³/mol. The Morgan fingerprint density at radius 3 is 2.03 bits per heavy atom. The molecule has 0 atom stereocenters. The van der Waals surface area contributed by atoms with Gasteiger partial charge in [0.1, 0.15) is 11.5 Å². The van der Waals surface area contributed by atoms with Gasteiger partial charge in [0.25, 0.3) is 5.91 Å². The normalized spacial score (nSPS) is 15.0. The first-order valence-electron chi connectivity index (χ1n) is 10.7. The van der Waals surface area contributed by atoms with Crippen LogP contribution >= 0.6 is 0 Å². The molecule has 8 heteroatoms. The van der Waals surface area contributed by atoms with E-state index in [4.69, 9.17) is 9.47 Å². The third-order valence-electron chi connectivity index (χ3n) is 5.19. The molecule has 0 aliphatic carbocycles. The van der Waals surface area contributed by atoms with Gasteiger partial charge in [-0.2, -0.15) is 4.31 Å². The number of piperazine rings is 1. The Morgan fingerprint density at radius 1 is 0.871 bits per heavy atom. The van der Waals surface area contributed by atoms with Gasteiger partial charge in [0.05, 0.1) is 11.5 Å². The highest BCUT2D eigenvalue weighted by molar-refractivity contribution is 7.89. The van der Waals surface area contributed by atoms with Crippen LogP contribution in [0.4, 0.5) is 0 Å². The second-order valence-electron chi connectivity index (χ2n) is 7.37. The SMILES string of the molecule is CCCc1ccc(OCC(=O)N2CCN(S(=O)(=O)c3ccc(OCC)cc3)CC2)cc1. The van der Waals surface area contributed by atoms with Gasteiger partial charge in [-0.1, -0.05) is 25.5 Å². The molecule has 0 N–H and O–H groups in total. The summed E-state index contributed by atoms with van der Waals surface area (Å²) in [5, 5.41) is 0. The van der Waals surface area contributed by atoms with E-state index in [2.05, 4.69) is 6.92 Å². The van der Waals surface area contributed by atoms with Crippen molar-refractivity contribution in [2.45, 2.75) is 31.6 Å². The zero-order chi connectivity index (χ0) is 22.3. The molecule has 3 rings (SSSR count). The van der Waals surface area contributed by atoms with Crippen LogP contribution in [-0.4, -0.2) is 62.9 Å². The number of ether oxygens (including phenoxy) is 2. The van der Waals surface area contributed by atoms with E-state index in [9.17, 15) is 13.2 Å². The molecule has 0 saturated carbocycles. The smallest absolute Gasteiger partial charge is 0.260 e. The number of hydrogen-bond acceptors (Lipinski definition) is 5. The Morgan fingerprint density at radius 2 is 1.45 bits per heavy atom. The van der Waals surface area contributed by atoms with Gasteiger partial charge in [0.15, 0.2) is 6.61 Å². The maximum atomic E-state index is 12.9. The van der Waals surface area contributed by atoms with Crippen molar-refractivity contribution in [3.8, 4) is 11.5 Å². The lowest BCUT2D eigenvalue weighted by atomic mass is 10.1. The summed E-state index contributed by atoms with van der Waals surface area (Å²) in [6, 6.07) is 14.2. The fourth-order valence-electron chi connectivity index (χ4n) is 3.48. The largest absolute Gasteiger partial charge is 0.494 e. The van der Waals surface area contributed by atoms with E-state index in [1.807, 2.05) is 31.2 Å². The molecule has 31 heavy (non-hydrogen) atoms. The molecular weight excluding hydrogens is 416 g/mol. The van der Waals surface area contributed by atoms with E-state index in [1.54, 1.807) is 29.2 Å². The van der Waals surface area contributed by atoms with Crippen LogP contribution in [0.15, 0.2) is 53.4 Å². The molecule has 7 nitrogen and oxygen atoms in total. The molecule has 0 aromatic heterocycles. The third-order valence-corrected chi connectivity index (χ3v) is 7.10. The molecule has 2 aromatic rings. The van der Waals surface area contributed by atoms with Crippen LogP contribution in [0.2, 0.25) is 0 Å². The summed E-state index contributed by atoms with van der Waals surface area (Å²) in [6.45, 7) is 5.67. The lowest BCUT2D eigenvalue weighted by Crippen LogP contribution is -2.51. The Balaban J connectivity index is 1.50. The fraction of sp³-hybridized carbons (Fsp3) is 0.435. The highest BCUT2D eigenvalue weighted by atomic mass is 32.2. The van der Waals surface area contributed by atoms with Gasteiger partial charge < -0.3 is 14.4 Å². The van der Waals surface area contributed by atoms with Gasteiger partial charge >= 0.3 is 0 Å². The first kappa shape index (κ1) is 23.1. The third kappa shape index (κ3) is 5.98. The molecule has 1 aliphatic rings. The van der Waals surface area contributed by atoms with Crippen molar-refractivity contribution in [3.63, 3.8) is 0 Å². The van der Waals surface area contributed by atoms with Crippen LogP contribution in [0.1, 0.15) is 25.8 Å². The van der Waals surface area contributed by atoms with Gasteiger partial charge in [-0.15, -0.1) is 0 Å². The molecule has 0 radical (unpaired) electrons. The Hall–Kier alpha value is -2.58. The molecule has 1 aliphatic heterocycles. The van der Waals surface area contributed by atoms with Crippen LogP contribution < -0.4 is 9.47 Å². The number of rotatable bonds is 9. The molecule has 1 amide bonds. The quantitative estimate of drug-likeness (QED) is 0.592. The van der Waals surface area contributed by atoms with E-state index in [0.29, 0.717) is 31.2 Å². The maximum absolute atomic E-state index is 12.9. The number of amides is 1. The van der Waals surface area contributed by atoms with Crippen LogP contribution in [-0.2, 0) is 21.2 Å². The summed E-state index contributed by atoms with van der Waals surface area (Å²) in [6.07, 6.45) is 2.10. The molecule has 0 unspecified atom stereocenters. The minimum Gasteiger partial charge on any atom is -0.494 e. The van der Waals surface area contributed by atoms with Gasteiger partial charge in [-0.25, -0.2) is 8.42 Å². The maximum Gasteiger partial charge on any atom is 0.260 e. The monoisotopic (exact) mass is 446 g/mol. The second kappa shape index (κ2) is 10.6. The summed E-state index contributed by atoms with van der Waals surface area (Å²) in [5.74, 6) is 1.15. The summed E-state index contributed by atoms with van der Waals surface area (Å²) in [7, 11) is -3.60. The van der Waals surface area contributed by atoms with Gasteiger partial charge in [-0.3, -0.25) is 4.79 Å². The Kier molecular flexibility index (Phi) is 7.92. The summed E-state index contributed by atoms with van der Waals surface area (Å²) in [5.41, 5.74) is 1.24. The molecule has 1 saturated heterocycles. The van der Waals surface area contributed by atoms with Crippen molar-refractivity contribution in [2.24, 2.45) is 0 Å². The zero-order valence-corrected chi connectivity index (χ0v) is 18.9. The molecule has 1 heterocycles. The number of hydrogen-bond donors (Lipinski definition) is 0. The van der Waals surface area contributed by atoms with Gasteiger partial charge in [0.2, 0.25) is 10.0 Å². The molecule has 168 valence electrons. The van der Waals surface area contributed by atoms with E-state index in [-0.39, 0.29) is 30.5 Å². The number of nitrogens with zero attached hydrogens (tertiary/aromatic N) is 2. The van der Waals surface area contributed by atoms with Crippen molar-refractivity contribution >= 4 is 15.9 Å². The number of benzene rings is 2. The number of sulfonamides is 1. The van der Waals surface area contributed by atoms with E-state index >= 15 is 0 Å². The summed E-state index contributed by atoms with van der Waals surface area (Å²) >= 11 is 0. The van der Waals surface area contributed by atoms with E-state index in [1.165, 1.54) is 9.87 Å². The second-order valence-corrected chi connectivity index (χ2v) is 9.31. The van der Waals surface area contributed by atoms with Crippen LogP contribution in [0, 0.1) is 0 Å². The molecular formula is C23H30N2O5S. The minimum absolute atomic E-state index is 0.0568. The highest BCUT2D eigenvalue weighted by Gasteiger charge is 2.30. The van der Waals surface area contributed by atoms with E-state index in [0.717, 1.165) is 12.8 Å². The standard InChI is InChI=1S/C23H30N2O5S/c1-3-5-19-6-8-21(9-7-19)30-18-23(26)24-14-16-25(17-15-24)31(27,28)22-12-10-20(11-13-22)29-4-2/h6-13H,3-5,14-18H2,1-2H3. The van der Waals surface area contributed by atoms with Crippen molar-refractivity contribution in [2.75, 3.05) is 39.4 Å². The Bertz CT molecular complexity index is 950. The van der Waals surface area contributed by atoms with Crippen molar-refractivity contribution in [1.82, 2.24) is 9.21 Å². The highest BCUT2D eigenvalue weighted by Crippen LogP contribution is 2.21. The average Bonchev–Trinajstić information content (AvgIpc) is 2.79. The molecule has 2 aromatic carbocycles. The van der Waals surface area contributed by atoms with Gasteiger partial charge in [-0.05, 0) is 55.3 Å². The van der Waals surface area contributed by atoms with Crippen molar-refractivity contribution in [1.29, 1.82) is 0 Å². The summed E-state index contributed by atoms with van der Waals surface area (Å²) < 4.78 is 38.1. The fourth-order valence-corrected chi connectivity index (χ4v) is 4.90. The lowest BCUT2D eigenvalue weighted by Gasteiger charge is -2.34. The van der Waals surface area contributed by atoms with E-state index < -0.39 is 10.0 Å². The van der Waals surface area contributed by atoms with Crippen LogP contribution in [0.3, 0.4) is 0 Å². The average molecular weight is 447 g/mol. The lowest BCUT2D eigenvalue weighted by molar-refractivity contribution is -0.134. The number of carbonyl (C=O) groups is 1. The first-order valence-corrected chi connectivity index (χ1v) is 12.1. The number of carbonyl (C=O) groups excluding carboxylic acids is 1. The predicted octanol–water partition coefficient (Wildman–Crippen LogP) is 2.95. The van der Waals surface area contributed by atoms with Crippen molar-refractivity contribution in [3.05, 3.63) is 54.1 Å². The number of aryl methyl sites for hydroxylation is 1. The molecule has 0 spiro atoms. The summed E-state index contributed by atoms with van der Waals surface area (Å²) in [4.78, 5) is 14.4. The van der Waals surface area contributed by atoms with Crippen LogP contribution in [0.25, 0.3) is 0 Å². The van der Waals surface area contributed by atoms with Gasteiger partial charge in [0, 0.05) is 26.2 Å². The topological polar surface area (TPSA) is 76.2 Å². The Labute approximate surface area is 184 Å². The molecule has 1 fully saturated rings. The minimum atomic E-state index is -3.60. The van der Waals surface area contributed by atoms with Crippen LogP contribution in [0.5, 0.6) is 11.5 Å². The zero-order valence-electron chi connectivity index (χ0n) is 18.1. The first-order chi connectivity index (χ1) is 14.9.